The van der Waals surface area contributed by atoms with E-state index in [4.69, 9.17) is 4.42 Å². The van der Waals surface area contributed by atoms with E-state index in [1.807, 2.05) is 35.7 Å². The molecule has 5 heteroatoms. The third-order valence-electron chi connectivity index (χ3n) is 2.75. The summed E-state index contributed by atoms with van der Waals surface area (Å²) in [5, 5.41) is 2.04. The molecule has 0 aromatic carbocycles. The summed E-state index contributed by atoms with van der Waals surface area (Å²) in [6, 6.07) is 7.62. The zero-order valence-electron chi connectivity index (χ0n) is 10.8. The van der Waals surface area contributed by atoms with Crippen LogP contribution in [0.15, 0.2) is 70.4 Å². The lowest BCUT2D eigenvalue weighted by atomic mass is 10.3. The maximum Gasteiger partial charge on any atom is 0.190 e. The highest BCUT2D eigenvalue weighted by atomic mass is 32.1. The smallest absolute Gasteiger partial charge is 0.190 e. The molecule has 0 bridgehead atoms. The normalized spacial score (nSPS) is 11.7. The lowest BCUT2D eigenvalue weighted by Gasteiger charge is -2.03. The first kappa shape index (κ1) is 12.6. The third-order valence-corrected chi connectivity index (χ3v) is 3.62. The number of furan rings is 1. The fraction of sp³-hybridized carbons (Fsp3) is 0.0667. The molecular weight excluding hydrogens is 270 g/mol. The highest BCUT2D eigenvalue weighted by Gasteiger charge is 2.09. The molecule has 0 aliphatic carbocycles. The van der Waals surface area contributed by atoms with E-state index in [0.29, 0.717) is 6.54 Å². The number of hydrogen-bond donors (Lipinski definition) is 0. The molecule has 4 nitrogen and oxygen atoms in total. The van der Waals surface area contributed by atoms with Crippen LogP contribution in [0, 0.1) is 0 Å². The van der Waals surface area contributed by atoms with E-state index in [0.717, 1.165) is 21.9 Å². The minimum absolute atomic E-state index is 0.679. The summed E-state index contributed by atoms with van der Waals surface area (Å²) < 4.78 is 7.54. The van der Waals surface area contributed by atoms with Gasteiger partial charge in [0.25, 0.3) is 0 Å². The largest absolute Gasteiger partial charge is 0.463 e. The van der Waals surface area contributed by atoms with Gasteiger partial charge in [-0.1, -0.05) is 6.08 Å². The van der Waals surface area contributed by atoms with Crippen molar-refractivity contribution >= 4 is 17.0 Å². The van der Waals surface area contributed by atoms with Crippen molar-refractivity contribution in [2.75, 3.05) is 0 Å². The standard InChI is InChI=1S/C15H13N3OS/c1-2-8-18-13(14-6-4-9-19-14)11-20-15(18)17-12-5-3-7-16-10-12/h2-7,9-11H,1,8H2. The average Bonchev–Trinajstić information content (AvgIpc) is 3.11. The van der Waals surface area contributed by atoms with Gasteiger partial charge in [-0.25, -0.2) is 4.99 Å². The van der Waals surface area contributed by atoms with Crippen LogP contribution < -0.4 is 4.80 Å². The van der Waals surface area contributed by atoms with Crippen molar-refractivity contribution in [3.63, 3.8) is 0 Å². The molecule has 0 saturated heterocycles. The van der Waals surface area contributed by atoms with Gasteiger partial charge in [-0.3, -0.25) is 4.98 Å². The van der Waals surface area contributed by atoms with Gasteiger partial charge in [-0.15, -0.1) is 17.9 Å². The van der Waals surface area contributed by atoms with Crippen molar-refractivity contribution in [1.82, 2.24) is 9.55 Å². The molecule has 3 rings (SSSR count). The number of allylic oxidation sites excluding steroid dienone is 1. The molecule has 0 aliphatic heterocycles. The zero-order valence-corrected chi connectivity index (χ0v) is 11.6. The first-order valence-electron chi connectivity index (χ1n) is 6.16. The van der Waals surface area contributed by atoms with Crippen molar-refractivity contribution in [3.8, 4) is 11.5 Å². The first-order valence-corrected chi connectivity index (χ1v) is 7.04. The van der Waals surface area contributed by atoms with Crippen LogP contribution in [0.1, 0.15) is 0 Å². The Balaban J connectivity index is 2.13. The summed E-state index contributed by atoms with van der Waals surface area (Å²) in [5.74, 6) is 0.829. The number of pyridine rings is 1. The van der Waals surface area contributed by atoms with E-state index >= 15 is 0 Å². The van der Waals surface area contributed by atoms with Gasteiger partial charge in [-0.2, -0.15) is 0 Å². The lowest BCUT2D eigenvalue weighted by Crippen LogP contribution is -2.14. The minimum Gasteiger partial charge on any atom is -0.463 e. The molecule has 3 heterocycles. The Kier molecular flexibility index (Phi) is 3.60. The summed E-state index contributed by atoms with van der Waals surface area (Å²) >= 11 is 1.57. The van der Waals surface area contributed by atoms with E-state index in [2.05, 4.69) is 21.1 Å². The van der Waals surface area contributed by atoms with Crippen molar-refractivity contribution in [2.45, 2.75) is 6.54 Å². The Hall–Kier alpha value is -2.40. The van der Waals surface area contributed by atoms with E-state index in [1.165, 1.54) is 0 Å². The molecule has 0 N–H and O–H groups in total. The Morgan fingerprint density at radius 2 is 2.35 bits per heavy atom. The molecule has 100 valence electrons. The van der Waals surface area contributed by atoms with Gasteiger partial charge in [0.1, 0.15) is 0 Å². The van der Waals surface area contributed by atoms with Crippen LogP contribution >= 0.6 is 11.3 Å². The topological polar surface area (TPSA) is 43.3 Å². The summed E-state index contributed by atoms with van der Waals surface area (Å²) in [5.41, 5.74) is 1.83. The molecule has 3 aromatic rings. The molecule has 0 radical (unpaired) electrons. The van der Waals surface area contributed by atoms with Gasteiger partial charge in [0.2, 0.25) is 0 Å². The SMILES string of the molecule is C=CCn1c(-c2ccco2)csc1=Nc1cccnc1. The van der Waals surface area contributed by atoms with Crippen LogP contribution in [0.2, 0.25) is 0 Å². The highest BCUT2D eigenvalue weighted by molar-refractivity contribution is 7.07. The number of rotatable bonds is 4. The van der Waals surface area contributed by atoms with Crippen LogP contribution in [0.5, 0.6) is 0 Å². The number of hydrogen-bond acceptors (Lipinski definition) is 4. The van der Waals surface area contributed by atoms with Gasteiger partial charge >= 0.3 is 0 Å². The van der Waals surface area contributed by atoms with Crippen LogP contribution in [-0.2, 0) is 6.54 Å². The second kappa shape index (κ2) is 5.71. The lowest BCUT2D eigenvalue weighted by molar-refractivity contribution is 0.574. The molecule has 0 spiro atoms. The number of thiazole rings is 1. The van der Waals surface area contributed by atoms with Crippen molar-refractivity contribution in [3.05, 3.63) is 65.8 Å². The van der Waals surface area contributed by atoms with E-state index < -0.39 is 0 Å². The monoisotopic (exact) mass is 283 g/mol. The Bertz CT molecular complexity index is 754. The molecule has 0 fully saturated rings. The quantitative estimate of drug-likeness (QED) is 0.686. The van der Waals surface area contributed by atoms with Gasteiger partial charge in [0.15, 0.2) is 10.6 Å². The molecule has 20 heavy (non-hydrogen) atoms. The molecule has 3 aromatic heterocycles. The van der Waals surface area contributed by atoms with Crippen LogP contribution in [0.4, 0.5) is 5.69 Å². The fourth-order valence-corrected chi connectivity index (χ4v) is 2.80. The highest BCUT2D eigenvalue weighted by Crippen LogP contribution is 2.21. The predicted molar refractivity (Wildman–Crippen MR) is 79.7 cm³/mol. The molecule has 0 aliphatic rings. The summed E-state index contributed by atoms with van der Waals surface area (Å²) in [6.45, 7) is 4.48. The van der Waals surface area contributed by atoms with E-state index in [9.17, 15) is 0 Å². The maximum absolute atomic E-state index is 5.47. The van der Waals surface area contributed by atoms with Gasteiger partial charge in [0.05, 0.1) is 23.8 Å². The van der Waals surface area contributed by atoms with Gasteiger partial charge in [-0.05, 0) is 24.3 Å². The Morgan fingerprint density at radius 3 is 3.05 bits per heavy atom. The molecule has 0 unspecified atom stereocenters. The summed E-state index contributed by atoms with van der Waals surface area (Å²) in [6.07, 6.45) is 6.99. The zero-order chi connectivity index (χ0) is 13.8. The Morgan fingerprint density at radius 1 is 1.40 bits per heavy atom. The van der Waals surface area contributed by atoms with E-state index in [1.54, 1.807) is 30.0 Å². The van der Waals surface area contributed by atoms with Crippen LogP contribution in [0.3, 0.4) is 0 Å². The maximum atomic E-state index is 5.47. The van der Waals surface area contributed by atoms with Crippen molar-refractivity contribution < 1.29 is 4.42 Å². The van der Waals surface area contributed by atoms with Gasteiger partial charge in [0, 0.05) is 18.1 Å². The average molecular weight is 283 g/mol. The molecule has 0 saturated carbocycles. The van der Waals surface area contributed by atoms with Crippen LogP contribution in [-0.4, -0.2) is 9.55 Å². The van der Waals surface area contributed by atoms with Crippen LogP contribution in [0.25, 0.3) is 11.5 Å². The second-order valence-corrected chi connectivity index (χ2v) is 4.94. The summed E-state index contributed by atoms with van der Waals surface area (Å²) in [7, 11) is 0. The van der Waals surface area contributed by atoms with Crippen molar-refractivity contribution in [2.24, 2.45) is 4.99 Å². The first-order chi connectivity index (χ1) is 9.88. The summed E-state index contributed by atoms with van der Waals surface area (Å²) in [4.78, 5) is 9.59. The van der Waals surface area contributed by atoms with Crippen molar-refractivity contribution in [1.29, 1.82) is 0 Å². The minimum atomic E-state index is 0.679. The fourth-order valence-electron chi connectivity index (χ4n) is 1.88. The molecule has 0 amide bonds. The predicted octanol–water partition coefficient (Wildman–Crippen LogP) is 3.62. The van der Waals surface area contributed by atoms with E-state index in [-0.39, 0.29) is 0 Å². The van der Waals surface area contributed by atoms with Gasteiger partial charge < -0.3 is 8.98 Å². The third kappa shape index (κ3) is 2.48. The molecule has 0 atom stereocenters. The number of aromatic nitrogens is 2. The second-order valence-electron chi connectivity index (χ2n) is 4.10. The molecular formula is C15H13N3OS. The number of nitrogens with zero attached hydrogens (tertiary/aromatic N) is 3. The Labute approximate surface area is 120 Å².